The molecule has 0 amide bonds. The molecule has 2 aromatic rings. The van der Waals surface area contributed by atoms with Gasteiger partial charge >= 0.3 is 0 Å². The monoisotopic (exact) mass is 246 g/mol. The molecule has 0 fully saturated rings. The first-order valence-corrected chi connectivity index (χ1v) is 6.74. The molecule has 2 atom stereocenters. The van der Waals surface area contributed by atoms with Crippen LogP contribution in [0.2, 0.25) is 0 Å². The fourth-order valence-electron chi connectivity index (χ4n) is 2.10. The van der Waals surface area contributed by atoms with E-state index in [-0.39, 0.29) is 5.92 Å². The molecular weight excluding hydrogens is 224 g/mol. The van der Waals surface area contributed by atoms with Crippen LogP contribution in [0.1, 0.15) is 57.5 Å². The normalized spacial score (nSPS) is 15.2. The van der Waals surface area contributed by atoms with Crippen LogP contribution in [0.3, 0.4) is 0 Å². The number of furan rings is 1. The zero-order valence-electron chi connectivity index (χ0n) is 11.6. The Morgan fingerprint density at radius 2 is 1.89 bits per heavy atom. The largest absolute Gasteiger partial charge is 0.458 e. The van der Waals surface area contributed by atoms with Crippen LogP contribution in [-0.4, -0.2) is 5.11 Å². The summed E-state index contributed by atoms with van der Waals surface area (Å²) in [4.78, 5) is 0. The fraction of sp³-hybridized carbons (Fsp3) is 0.500. The zero-order valence-corrected chi connectivity index (χ0v) is 11.6. The number of fused-ring (bicyclic) bond motifs is 1. The van der Waals surface area contributed by atoms with Gasteiger partial charge in [-0.1, -0.05) is 33.8 Å². The summed E-state index contributed by atoms with van der Waals surface area (Å²) in [7, 11) is 0. The van der Waals surface area contributed by atoms with E-state index >= 15 is 0 Å². The van der Waals surface area contributed by atoms with Gasteiger partial charge in [-0.3, -0.25) is 0 Å². The first-order chi connectivity index (χ1) is 8.52. The first kappa shape index (κ1) is 13.2. The fourth-order valence-corrected chi connectivity index (χ4v) is 2.10. The minimum Gasteiger partial charge on any atom is -0.458 e. The average molecular weight is 246 g/mol. The van der Waals surface area contributed by atoms with Crippen molar-refractivity contribution in [1.29, 1.82) is 0 Å². The quantitative estimate of drug-likeness (QED) is 0.852. The Labute approximate surface area is 109 Å². The van der Waals surface area contributed by atoms with Crippen LogP contribution in [-0.2, 0) is 0 Å². The van der Waals surface area contributed by atoms with Crippen molar-refractivity contribution in [2.45, 2.75) is 46.1 Å². The number of hydrogen-bond acceptors (Lipinski definition) is 2. The molecule has 1 heterocycles. The van der Waals surface area contributed by atoms with E-state index in [1.54, 1.807) is 0 Å². The highest BCUT2D eigenvalue weighted by Gasteiger charge is 2.17. The van der Waals surface area contributed by atoms with E-state index in [0.29, 0.717) is 11.7 Å². The second-order valence-corrected chi connectivity index (χ2v) is 5.44. The van der Waals surface area contributed by atoms with E-state index < -0.39 is 6.10 Å². The molecule has 1 aromatic heterocycles. The molecule has 0 saturated heterocycles. The standard InChI is InChI=1S/C16H22O2/c1-5-11(4)12-6-7-14-13(8-12)9-15(18-14)16(17)10(2)3/h6-11,16-17H,5H2,1-4H3. The van der Waals surface area contributed by atoms with Gasteiger partial charge in [0.1, 0.15) is 17.4 Å². The van der Waals surface area contributed by atoms with E-state index in [1.165, 1.54) is 5.56 Å². The highest BCUT2D eigenvalue weighted by atomic mass is 16.4. The topological polar surface area (TPSA) is 33.4 Å². The Morgan fingerprint density at radius 3 is 2.50 bits per heavy atom. The number of benzene rings is 1. The molecule has 1 N–H and O–H groups in total. The molecule has 0 saturated carbocycles. The van der Waals surface area contributed by atoms with Crippen LogP contribution in [0, 0.1) is 5.92 Å². The van der Waals surface area contributed by atoms with Gasteiger partial charge < -0.3 is 9.52 Å². The summed E-state index contributed by atoms with van der Waals surface area (Å²) in [6.07, 6.45) is 0.606. The maximum atomic E-state index is 10.0. The van der Waals surface area contributed by atoms with E-state index in [1.807, 2.05) is 26.0 Å². The van der Waals surface area contributed by atoms with E-state index in [2.05, 4.69) is 26.0 Å². The maximum Gasteiger partial charge on any atom is 0.134 e. The number of hydrogen-bond donors (Lipinski definition) is 1. The van der Waals surface area contributed by atoms with Crippen LogP contribution >= 0.6 is 0 Å². The molecular formula is C16H22O2. The first-order valence-electron chi connectivity index (χ1n) is 6.74. The third kappa shape index (κ3) is 2.44. The molecule has 2 heteroatoms. The SMILES string of the molecule is CCC(C)c1ccc2oc(C(O)C(C)C)cc2c1. The molecule has 0 aliphatic carbocycles. The smallest absolute Gasteiger partial charge is 0.134 e. The Bertz CT molecular complexity index is 525. The minimum absolute atomic E-state index is 0.166. The molecule has 2 nitrogen and oxygen atoms in total. The van der Waals surface area contributed by atoms with Gasteiger partial charge in [0.25, 0.3) is 0 Å². The highest BCUT2D eigenvalue weighted by molar-refractivity contribution is 5.79. The molecule has 18 heavy (non-hydrogen) atoms. The van der Waals surface area contributed by atoms with Gasteiger partial charge in [0.15, 0.2) is 0 Å². The lowest BCUT2D eigenvalue weighted by molar-refractivity contribution is 0.104. The minimum atomic E-state index is -0.524. The van der Waals surface area contributed by atoms with E-state index in [4.69, 9.17) is 4.42 Å². The second kappa shape index (κ2) is 5.15. The lowest BCUT2D eigenvalue weighted by Crippen LogP contribution is -2.03. The van der Waals surface area contributed by atoms with Gasteiger partial charge in [0.2, 0.25) is 0 Å². The van der Waals surface area contributed by atoms with Crippen molar-refractivity contribution in [2.75, 3.05) is 0 Å². The van der Waals surface area contributed by atoms with Gasteiger partial charge in [0.05, 0.1) is 0 Å². The van der Waals surface area contributed by atoms with Gasteiger partial charge in [-0.15, -0.1) is 0 Å². The summed E-state index contributed by atoms with van der Waals surface area (Å²) in [5.41, 5.74) is 2.19. The van der Waals surface area contributed by atoms with Gasteiger partial charge in [-0.25, -0.2) is 0 Å². The van der Waals surface area contributed by atoms with Gasteiger partial charge in [-0.2, -0.15) is 0 Å². The van der Waals surface area contributed by atoms with E-state index in [9.17, 15) is 5.11 Å². The summed E-state index contributed by atoms with van der Waals surface area (Å²) in [5.74, 6) is 1.39. The summed E-state index contributed by atoms with van der Waals surface area (Å²) >= 11 is 0. The van der Waals surface area contributed by atoms with Crippen molar-refractivity contribution in [1.82, 2.24) is 0 Å². The summed E-state index contributed by atoms with van der Waals surface area (Å²) < 4.78 is 5.71. The van der Waals surface area contributed by atoms with Crippen molar-refractivity contribution in [3.63, 3.8) is 0 Å². The Balaban J connectivity index is 2.39. The predicted octanol–water partition coefficient (Wildman–Crippen LogP) is 4.64. The lowest BCUT2D eigenvalue weighted by Gasteiger charge is -2.10. The molecule has 0 aliphatic heterocycles. The number of rotatable bonds is 4. The summed E-state index contributed by atoms with van der Waals surface area (Å²) in [5, 5.41) is 11.1. The molecule has 1 aromatic carbocycles. The Hall–Kier alpha value is -1.28. The van der Waals surface area contributed by atoms with Crippen molar-refractivity contribution >= 4 is 11.0 Å². The van der Waals surface area contributed by atoms with Crippen LogP contribution in [0.25, 0.3) is 11.0 Å². The van der Waals surface area contributed by atoms with Gasteiger partial charge in [-0.05, 0) is 42.0 Å². The van der Waals surface area contributed by atoms with Gasteiger partial charge in [0, 0.05) is 5.39 Å². The number of aliphatic hydroxyl groups excluding tert-OH is 1. The van der Waals surface area contributed by atoms with Crippen LogP contribution in [0.4, 0.5) is 0 Å². The Kier molecular flexibility index (Phi) is 3.76. The summed E-state index contributed by atoms with van der Waals surface area (Å²) in [6.45, 7) is 8.40. The average Bonchev–Trinajstić information content (AvgIpc) is 2.79. The number of aliphatic hydroxyl groups is 1. The molecule has 0 spiro atoms. The predicted molar refractivity (Wildman–Crippen MR) is 74.7 cm³/mol. The third-order valence-electron chi connectivity index (χ3n) is 3.66. The van der Waals surface area contributed by atoms with Crippen LogP contribution in [0.5, 0.6) is 0 Å². The van der Waals surface area contributed by atoms with E-state index in [0.717, 1.165) is 17.4 Å². The van der Waals surface area contributed by atoms with Crippen molar-refractivity contribution in [3.8, 4) is 0 Å². The highest BCUT2D eigenvalue weighted by Crippen LogP contribution is 2.30. The molecule has 0 aliphatic rings. The third-order valence-corrected chi connectivity index (χ3v) is 3.66. The maximum absolute atomic E-state index is 10.0. The lowest BCUT2D eigenvalue weighted by atomic mass is 9.97. The molecule has 2 rings (SSSR count). The molecule has 0 radical (unpaired) electrons. The zero-order chi connectivity index (χ0) is 13.3. The second-order valence-electron chi connectivity index (χ2n) is 5.44. The molecule has 2 unspecified atom stereocenters. The molecule has 98 valence electrons. The van der Waals surface area contributed by atoms with Crippen molar-refractivity contribution < 1.29 is 9.52 Å². The van der Waals surface area contributed by atoms with Crippen LogP contribution in [0.15, 0.2) is 28.7 Å². The summed E-state index contributed by atoms with van der Waals surface area (Å²) in [6, 6.07) is 8.26. The van der Waals surface area contributed by atoms with Crippen LogP contribution < -0.4 is 0 Å². The Morgan fingerprint density at radius 1 is 1.17 bits per heavy atom. The molecule has 0 bridgehead atoms. The van der Waals surface area contributed by atoms with Crippen molar-refractivity contribution in [2.24, 2.45) is 5.92 Å². The van der Waals surface area contributed by atoms with Crippen molar-refractivity contribution in [3.05, 3.63) is 35.6 Å².